The Kier molecular flexibility index (Phi) is 5.22. The summed E-state index contributed by atoms with van der Waals surface area (Å²) >= 11 is 11.9. The molecule has 2 N–H and O–H groups in total. The summed E-state index contributed by atoms with van der Waals surface area (Å²) in [7, 11) is 0. The standard InChI is InChI=1S/C16H15Cl2FO2/c17-13-5-2-4-12(7-13)16(9-20,10-21)8-11-3-1-6-14(19)15(11)18/h1-7,20-21H,8-10H2. The van der Waals surface area contributed by atoms with Crippen LogP contribution in [0.3, 0.4) is 0 Å². The zero-order valence-corrected chi connectivity index (χ0v) is 12.7. The Labute approximate surface area is 132 Å². The lowest BCUT2D eigenvalue weighted by Gasteiger charge is -2.31. The molecule has 0 amide bonds. The maximum absolute atomic E-state index is 13.6. The number of rotatable bonds is 5. The third-order valence-electron chi connectivity index (χ3n) is 3.60. The molecule has 0 aliphatic heterocycles. The van der Waals surface area contributed by atoms with Crippen LogP contribution in [0.1, 0.15) is 11.1 Å². The van der Waals surface area contributed by atoms with Gasteiger partial charge in [-0.2, -0.15) is 0 Å². The quantitative estimate of drug-likeness (QED) is 0.880. The summed E-state index contributed by atoms with van der Waals surface area (Å²) in [6.07, 6.45) is 0.205. The molecule has 5 heteroatoms. The lowest BCUT2D eigenvalue weighted by Crippen LogP contribution is -2.37. The van der Waals surface area contributed by atoms with Crippen LogP contribution < -0.4 is 0 Å². The van der Waals surface area contributed by atoms with Gasteiger partial charge >= 0.3 is 0 Å². The third-order valence-corrected chi connectivity index (χ3v) is 4.26. The number of halogens is 3. The maximum Gasteiger partial charge on any atom is 0.142 e. The first kappa shape index (κ1) is 16.2. The highest BCUT2D eigenvalue weighted by molar-refractivity contribution is 6.31. The van der Waals surface area contributed by atoms with Crippen molar-refractivity contribution in [2.24, 2.45) is 0 Å². The first-order valence-electron chi connectivity index (χ1n) is 6.43. The van der Waals surface area contributed by atoms with E-state index in [-0.39, 0.29) is 24.7 Å². The SMILES string of the molecule is OCC(CO)(Cc1cccc(F)c1Cl)c1cccc(Cl)c1. The van der Waals surface area contributed by atoms with Crippen molar-refractivity contribution in [2.45, 2.75) is 11.8 Å². The maximum atomic E-state index is 13.6. The van der Waals surface area contributed by atoms with E-state index in [9.17, 15) is 14.6 Å². The minimum Gasteiger partial charge on any atom is -0.395 e. The molecule has 2 nitrogen and oxygen atoms in total. The first-order chi connectivity index (χ1) is 10.0. The van der Waals surface area contributed by atoms with E-state index in [1.165, 1.54) is 6.07 Å². The van der Waals surface area contributed by atoms with Crippen LogP contribution in [0.25, 0.3) is 0 Å². The van der Waals surface area contributed by atoms with Gasteiger partial charge in [-0.25, -0.2) is 4.39 Å². The van der Waals surface area contributed by atoms with Gasteiger partial charge in [-0.1, -0.05) is 47.5 Å². The van der Waals surface area contributed by atoms with E-state index in [2.05, 4.69) is 0 Å². The van der Waals surface area contributed by atoms with Gasteiger partial charge in [-0.3, -0.25) is 0 Å². The van der Waals surface area contributed by atoms with Gasteiger partial charge in [0.2, 0.25) is 0 Å². The Morgan fingerprint density at radius 2 is 1.67 bits per heavy atom. The molecule has 0 spiro atoms. The normalized spacial score (nSPS) is 11.7. The predicted octanol–water partition coefficient (Wildman–Crippen LogP) is 3.60. The molecule has 0 unspecified atom stereocenters. The summed E-state index contributed by atoms with van der Waals surface area (Å²) in [6, 6.07) is 11.4. The van der Waals surface area contributed by atoms with Crippen molar-refractivity contribution in [1.82, 2.24) is 0 Å². The van der Waals surface area contributed by atoms with Crippen molar-refractivity contribution in [1.29, 1.82) is 0 Å². The molecule has 2 aromatic carbocycles. The Balaban J connectivity index is 2.45. The van der Waals surface area contributed by atoms with Crippen molar-refractivity contribution in [3.63, 3.8) is 0 Å². The zero-order chi connectivity index (χ0) is 15.5. The molecule has 0 saturated carbocycles. The molecular weight excluding hydrogens is 314 g/mol. The van der Waals surface area contributed by atoms with E-state index in [1.54, 1.807) is 36.4 Å². The molecule has 0 aromatic heterocycles. The van der Waals surface area contributed by atoms with Gasteiger partial charge in [-0.15, -0.1) is 0 Å². The highest BCUT2D eigenvalue weighted by Gasteiger charge is 2.32. The van der Waals surface area contributed by atoms with E-state index >= 15 is 0 Å². The fraction of sp³-hybridized carbons (Fsp3) is 0.250. The average Bonchev–Trinajstić information content (AvgIpc) is 2.49. The van der Waals surface area contributed by atoms with E-state index < -0.39 is 11.2 Å². The fourth-order valence-corrected chi connectivity index (χ4v) is 2.70. The van der Waals surface area contributed by atoms with Crippen molar-refractivity contribution in [3.05, 3.63) is 69.5 Å². The summed E-state index contributed by atoms with van der Waals surface area (Å²) in [5.41, 5.74) is 0.238. The smallest absolute Gasteiger partial charge is 0.142 e. The van der Waals surface area contributed by atoms with Crippen LogP contribution in [0.4, 0.5) is 4.39 Å². The second-order valence-corrected chi connectivity index (χ2v) is 5.81. The largest absolute Gasteiger partial charge is 0.395 e. The Morgan fingerprint density at radius 3 is 2.29 bits per heavy atom. The molecule has 2 aromatic rings. The monoisotopic (exact) mass is 328 g/mol. The Morgan fingerprint density at radius 1 is 1.00 bits per heavy atom. The molecule has 0 saturated heterocycles. The van der Waals surface area contributed by atoms with E-state index in [1.807, 2.05) is 0 Å². The highest BCUT2D eigenvalue weighted by atomic mass is 35.5. The topological polar surface area (TPSA) is 40.5 Å². The van der Waals surface area contributed by atoms with Crippen LogP contribution in [0.15, 0.2) is 42.5 Å². The number of aliphatic hydroxyl groups is 2. The van der Waals surface area contributed by atoms with Gasteiger partial charge < -0.3 is 10.2 Å². The summed E-state index contributed by atoms with van der Waals surface area (Å²) < 4.78 is 13.6. The van der Waals surface area contributed by atoms with Gasteiger partial charge in [0.1, 0.15) is 5.82 Å². The molecule has 0 radical (unpaired) electrons. The number of hydrogen-bond donors (Lipinski definition) is 2. The Bertz CT molecular complexity index is 627. The molecule has 0 aliphatic rings. The molecule has 0 fully saturated rings. The summed E-state index contributed by atoms with van der Waals surface area (Å²) in [4.78, 5) is 0. The van der Waals surface area contributed by atoms with Gasteiger partial charge in [0.05, 0.1) is 18.2 Å². The Hall–Kier alpha value is -1.13. The zero-order valence-electron chi connectivity index (χ0n) is 11.2. The fourth-order valence-electron chi connectivity index (χ4n) is 2.31. The minimum atomic E-state index is -0.970. The van der Waals surface area contributed by atoms with Gasteiger partial charge in [0.25, 0.3) is 0 Å². The molecular formula is C16H15Cl2FO2. The van der Waals surface area contributed by atoms with Crippen LogP contribution in [0.5, 0.6) is 0 Å². The number of aliphatic hydroxyl groups excluding tert-OH is 2. The lowest BCUT2D eigenvalue weighted by molar-refractivity contribution is 0.116. The number of hydrogen-bond acceptors (Lipinski definition) is 2. The lowest BCUT2D eigenvalue weighted by atomic mass is 9.77. The van der Waals surface area contributed by atoms with E-state index in [4.69, 9.17) is 23.2 Å². The van der Waals surface area contributed by atoms with Crippen LogP contribution in [0, 0.1) is 5.82 Å². The molecule has 21 heavy (non-hydrogen) atoms. The molecule has 2 rings (SSSR count). The second-order valence-electron chi connectivity index (χ2n) is 5.00. The highest BCUT2D eigenvalue weighted by Crippen LogP contribution is 2.32. The van der Waals surface area contributed by atoms with Crippen molar-refractivity contribution in [3.8, 4) is 0 Å². The minimum absolute atomic E-state index is 0.00537. The van der Waals surface area contributed by atoms with E-state index in [0.29, 0.717) is 16.1 Å². The van der Waals surface area contributed by atoms with Crippen LogP contribution in [-0.2, 0) is 11.8 Å². The first-order valence-corrected chi connectivity index (χ1v) is 7.18. The van der Waals surface area contributed by atoms with Crippen LogP contribution >= 0.6 is 23.2 Å². The number of benzene rings is 2. The molecule has 0 bridgehead atoms. The van der Waals surface area contributed by atoms with E-state index in [0.717, 1.165) is 0 Å². The second kappa shape index (κ2) is 6.75. The average molecular weight is 329 g/mol. The molecule has 0 heterocycles. The van der Waals surface area contributed by atoms with Crippen LogP contribution in [0.2, 0.25) is 10.0 Å². The predicted molar refractivity (Wildman–Crippen MR) is 82.4 cm³/mol. The molecule has 112 valence electrons. The summed E-state index contributed by atoms with van der Waals surface area (Å²) in [5, 5.41) is 20.1. The van der Waals surface area contributed by atoms with Gasteiger partial charge in [0, 0.05) is 10.4 Å². The van der Waals surface area contributed by atoms with Gasteiger partial charge in [0.15, 0.2) is 0 Å². The summed E-state index contributed by atoms with van der Waals surface area (Å²) in [6.45, 7) is -0.618. The molecule has 0 atom stereocenters. The van der Waals surface area contributed by atoms with Crippen LogP contribution in [-0.4, -0.2) is 23.4 Å². The van der Waals surface area contributed by atoms with Crippen molar-refractivity contribution < 1.29 is 14.6 Å². The molecule has 0 aliphatic carbocycles. The van der Waals surface area contributed by atoms with Crippen molar-refractivity contribution in [2.75, 3.05) is 13.2 Å². The summed E-state index contributed by atoms with van der Waals surface area (Å²) in [5.74, 6) is -0.523. The van der Waals surface area contributed by atoms with Crippen molar-refractivity contribution >= 4 is 23.2 Å². The third kappa shape index (κ3) is 3.38. The van der Waals surface area contributed by atoms with Gasteiger partial charge in [-0.05, 0) is 35.7 Å².